The van der Waals surface area contributed by atoms with Crippen LogP contribution in [0.15, 0.2) is 30.3 Å². The Labute approximate surface area is 162 Å². The van der Waals surface area contributed by atoms with Crippen molar-refractivity contribution < 1.29 is 9.53 Å². The Morgan fingerprint density at radius 1 is 1.22 bits per heavy atom. The summed E-state index contributed by atoms with van der Waals surface area (Å²) >= 11 is 0. The van der Waals surface area contributed by atoms with Crippen LogP contribution in [0.2, 0.25) is 0 Å². The maximum atomic E-state index is 12.9. The SMILES string of the molecule is CCOCCN(C)C(=O)NC1C2CN3CCN(C2)CC1(c1ccccc1)C3. The Balaban J connectivity index is 1.58. The third-order valence-electron chi connectivity index (χ3n) is 6.55. The van der Waals surface area contributed by atoms with Crippen molar-refractivity contribution in [3.05, 3.63) is 35.9 Å². The van der Waals surface area contributed by atoms with Crippen molar-refractivity contribution in [2.24, 2.45) is 5.92 Å². The third kappa shape index (κ3) is 3.58. The van der Waals surface area contributed by atoms with E-state index in [1.807, 2.05) is 14.0 Å². The van der Waals surface area contributed by atoms with Crippen molar-refractivity contribution in [2.45, 2.75) is 18.4 Å². The molecule has 0 radical (unpaired) electrons. The molecule has 4 bridgehead atoms. The number of carbonyl (C=O) groups excluding carboxylic acids is 1. The van der Waals surface area contributed by atoms with Gasteiger partial charge in [0.1, 0.15) is 0 Å². The first-order valence-corrected chi connectivity index (χ1v) is 10.2. The normalized spacial score (nSPS) is 34.3. The standard InChI is InChI=1S/C21H32N4O2/c1-3-27-12-11-23(2)20(26)22-19-17-13-24-9-10-25(14-17)16-21(19,15-24)18-7-5-4-6-8-18/h4-8,17,19H,3,9-16H2,1-2H3,(H,22,26). The maximum Gasteiger partial charge on any atom is 0.317 e. The fraction of sp³-hybridized carbons (Fsp3) is 0.667. The number of nitrogens with one attached hydrogen (secondary N) is 1. The van der Waals surface area contributed by atoms with Crippen LogP contribution < -0.4 is 5.32 Å². The second-order valence-corrected chi connectivity index (χ2v) is 8.30. The largest absolute Gasteiger partial charge is 0.380 e. The van der Waals surface area contributed by atoms with Gasteiger partial charge in [-0.3, -0.25) is 0 Å². The highest BCUT2D eigenvalue weighted by atomic mass is 16.5. The summed E-state index contributed by atoms with van der Waals surface area (Å²) in [6.45, 7) is 10.4. The maximum absolute atomic E-state index is 12.9. The molecule has 0 spiro atoms. The Morgan fingerprint density at radius 3 is 2.52 bits per heavy atom. The van der Waals surface area contributed by atoms with Crippen LogP contribution in [0.3, 0.4) is 0 Å². The van der Waals surface area contributed by atoms with Crippen LogP contribution in [0.1, 0.15) is 12.5 Å². The molecule has 6 nitrogen and oxygen atoms in total. The first-order chi connectivity index (χ1) is 13.1. The summed E-state index contributed by atoms with van der Waals surface area (Å²) in [5.74, 6) is 0.472. The van der Waals surface area contributed by atoms with Crippen molar-refractivity contribution in [2.75, 3.05) is 66.1 Å². The van der Waals surface area contributed by atoms with Crippen LogP contribution >= 0.6 is 0 Å². The third-order valence-corrected chi connectivity index (χ3v) is 6.55. The molecule has 4 aliphatic heterocycles. The molecule has 0 aliphatic carbocycles. The second kappa shape index (κ2) is 7.78. The van der Waals surface area contributed by atoms with Gasteiger partial charge >= 0.3 is 6.03 Å². The zero-order valence-corrected chi connectivity index (χ0v) is 16.6. The van der Waals surface area contributed by atoms with E-state index in [0.717, 1.165) is 39.3 Å². The van der Waals surface area contributed by atoms with E-state index in [2.05, 4.69) is 45.4 Å². The van der Waals surface area contributed by atoms with E-state index >= 15 is 0 Å². The molecule has 27 heavy (non-hydrogen) atoms. The summed E-state index contributed by atoms with van der Waals surface area (Å²) in [5.41, 5.74) is 1.32. The van der Waals surface area contributed by atoms with E-state index in [4.69, 9.17) is 4.74 Å². The number of fused-ring (bicyclic) bond motifs is 1. The number of likely N-dealkylation sites (N-methyl/N-ethyl adjacent to an activating group) is 1. The molecule has 4 heterocycles. The number of piperidine rings is 2. The molecule has 148 valence electrons. The molecular formula is C21H32N4O2. The molecule has 4 fully saturated rings. The van der Waals surface area contributed by atoms with Gasteiger partial charge in [0.15, 0.2) is 0 Å². The number of ether oxygens (including phenoxy) is 1. The summed E-state index contributed by atoms with van der Waals surface area (Å²) in [5, 5.41) is 3.43. The molecule has 5 rings (SSSR count). The number of hydrogen-bond donors (Lipinski definition) is 1. The van der Waals surface area contributed by atoms with Crippen molar-refractivity contribution >= 4 is 6.03 Å². The fourth-order valence-electron chi connectivity index (χ4n) is 5.26. The monoisotopic (exact) mass is 372 g/mol. The zero-order valence-electron chi connectivity index (χ0n) is 16.6. The van der Waals surface area contributed by atoms with E-state index in [0.29, 0.717) is 25.7 Å². The molecule has 1 aromatic rings. The fourth-order valence-corrected chi connectivity index (χ4v) is 5.26. The lowest BCUT2D eigenvalue weighted by molar-refractivity contribution is 0.0206. The number of amides is 2. The van der Waals surface area contributed by atoms with Crippen LogP contribution in [-0.2, 0) is 10.2 Å². The van der Waals surface area contributed by atoms with Crippen molar-refractivity contribution in [3.63, 3.8) is 0 Å². The highest BCUT2D eigenvalue weighted by Crippen LogP contribution is 2.43. The highest BCUT2D eigenvalue weighted by molar-refractivity contribution is 5.74. The number of urea groups is 1. The summed E-state index contributed by atoms with van der Waals surface area (Å²) in [4.78, 5) is 19.9. The molecule has 4 saturated heterocycles. The van der Waals surface area contributed by atoms with Crippen LogP contribution in [-0.4, -0.2) is 92.8 Å². The summed E-state index contributed by atoms with van der Waals surface area (Å²) in [7, 11) is 1.86. The number of carbonyl (C=O) groups is 1. The molecule has 1 aromatic carbocycles. The molecule has 4 aliphatic rings. The molecule has 2 amide bonds. The first-order valence-electron chi connectivity index (χ1n) is 10.2. The van der Waals surface area contributed by atoms with Crippen LogP contribution in [0, 0.1) is 5.92 Å². The predicted octanol–water partition coefficient (Wildman–Crippen LogP) is 1.23. The zero-order chi connectivity index (χ0) is 18.9. The Hall–Kier alpha value is -1.63. The van der Waals surface area contributed by atoms with E-state index < -0.39 is 0 Å². The molecule has 3 atom stereocenters. The average molecular weight is 373 g/mol. The van der Waals surface area contributed by atoms with E-state index in [1.54, 1.807) is 4.90 Å². The number of hydrogen-bond acceptors (Lipinski definition) is 4. The minimum atomic E-state index is -0.0324. The molecule has 6 heteroatoms. The van der Waals surface area contributed by atoms with Gasteiger partial charge in [0.05, 0.1) is 6.61 Å². The lowest BCUT2D eigenvalue weighted by Crippen LogP contribution is -2.71. The van der Waals surface area contributed by atoms with E-state index in [-0.39, 0.29) is 17.5 Å². The summed E-state index contributed by atoms with van der Waals surface area (Å²) < 4.78 is 5.41. The lowest BCUT2D eigenvalue weighted by atomic mass is 9.64. The topological polar surface area (TPSA) is 48.1 Å². The number of rotatable bonds is 6. The second-order valence-electron chi connectivity index (χ2n) is 8.30. The van der Waals surface area contributed by atoms with Crippen LogP contribution in [0.5, 0.6) is 0 Å². The number of nitrogens with zero attached hydrogens (tertiary/aromatic N) is 3. The van der Waals surface area contributed by atoms with Gasteiger partial charge in [-0.15, -0.1) is 0 Å². The minimum absolute atomic E-state index is 0.0196. The molecule has 3 unspecified atom stereocenters. The number of benzene rings is 1. The van der Waals surface area contributed by atoms with Gasteiger partial charge in [-0.1, -0.05) is 30.3 Å². The molecule has 1 N–H and O–H groups in total. The molecular weight excluding hydrogens is 340 g/mol. The van der Waals surface area contributed by atoms with E-state index in [9.17, 15) is 4.79 Å². The van der Waals surface area contributed by atoms with Gasteiger partial charge in [0.2, 0.25) is 0 Å². The minimum Gasteiger partial charge on any atom is -0.380 e. The molecule has 0 aromatic heterocycles. The lowest BCUT2D eigenvalue weighted by Gasteiger charge is -2.56. The Bertz CT molecular complexity index is 637. The Morgan fingerprint density at radius 2 is 1.89 bits per heavy atom. The van der Waals surface area contributed by atoms with Gasteiger partial charge in [-0.05, 0) is 12.5 Å². The average Bonchev–Trinajstić information content (AvgIpc) is 2.93. The van der Waals surface area contributed by atoms with Crippen molar-refractivity contribution in [3.8, 4) is 0 Å². The predicted molar refractivity (Wildman–Crippen MR) is 106 cm³/mol. The van der Waals surface area contributed by atoms with Gasteiger partial charge in [-0.25, -0.2) is 4.79 Å². The smallest absolute Gasteiger partial charge is 0.317 e. The van der Waals surface area contributed by atoms with Gasteiger partial charge in [0.25, 0.3) is 0 Å². The van der Waals surface area contributed by atoms with Gasteiger partial charge < -0.3 is 24.8 Å². The van der Waals surface area contributed by atoms with Gasteiger partial charge in [0, 0.05) is 76.8 Å². The van der Waals surface area contributed by atoms with Crippen molar-refractivity contribution in [1.29, 1.82) is 0 Å². The van der Waals surface area contributed by atoms with Gasteiger partial charge in [-0.2, -0.15) is 0 Å². The Kier molecular flexibility index (Phi) is 5.39. The van der Waals surface area contributed by atoms with Crippen LogP contribution in [0.4, 0.5) is 4.79 Å². The quantitative estimate of drug-likeness (QED) is 0.763. The summed E-state index contributed by atoms with van der Waals surface area (Å²) in [6, 6.07) is 11.0. The van der Waals surface area contributed by atoms with Crippen LogP contribution in [0.25, 0.3) is 0 Å². The highest BCUT2D eigenvalue weighted by Gasteiger charge is 2.55. The van der Waals surface area contributed by atoms with Crippen molar-refractivity contribution in [1.82, 2.24) is 20.0 Å². The van der Waals surface area contributed by atoms with E-state index in [1.165, 1.54) is 5.56 Å². The molecule has 0 saturated carbocycles. The first kappa shape index (κ1) is 18.7. The summed E-state index contributed by atoms with van der Waals surface area (Å²) in [6.07, 6.45) is 0.